The molecule has 5 N–H and O–H groups in total. The van der Waals surface area contributed by atoms with Crippen molar-refractivity contribution in [3.63, 3.8) is 0 Å². The predicted octanol–water partition coefficient (Wildman–Crippen LogP) is 0.214. The number of carbonyl (C=O) groups excluding carboxylic acids is 2. The minimum absolute atomic E-state index is 0.349. The van der Waals surface area contributed by atoms with Gasteiger partial charge in [0.25, 0.3) is 0 Å². The number of primary amides is 1. The lowest BCUT2D eigenvalue weighted by Crippen LogP contribution is -2.45. The van der Waals surface area contributed by atoms with E-state index in [1.54, 1.807) is 20.8 Å². The summed E-state index contributed by atoms with van der Waals surface area (Å²) in [7, 11) is -3.73. The normalized spacial score (nSPS) is 16.2. The molecule has 0 aromatic rings. The van der Waals surface area contributed by atoms with Crippen molar-refractivity contribution in [2.24, 2.45) is 10.9 Å². The zero-order valence-electron chi connectivity index (χ0n) is 12.9. The Morgan fingerprint density at radius 2 is 1.76 bits per heavy atom. The average molecular weight is 323 g/mol. The Bertz CT molecular complexity index is 478. The number of nitrogens with two attached hydrogens (primary N) is 2. The van der Waals surface area contributed by atoms with Crippen LogP contribution in [0.1, 0.15) is 47.0 Å². The van der Waals surface area contributed by atoms with E-state index in [4.69, 9.17) is 10.9 Å². The molecule has 2 amide bonds. The van der Waals surface area contributed by atoms with E-state index in [0.717, 1.165) is 6.42 Å². The quantitative estimate of drug-likeness (QED) is 0.678. The van der Waals surface area contributed by atoms with E-state index in [1.165, 1.54) is 0 Å². The standard InChI is InChI=1S/C7H14N2O3S.C5H11NO2/c1-2-5-9-6(10)7(3-4-7)13(8,11)12;1-5(2,3)8-4(6)7/h2-5H2,1H3,(H,9,10)(H2,8,11,12);1-3H3,(H2,6,7). The molecule has 0 saturated heterocycles. The molecule has 0 unspecified atom stereocenters. The molecule has 0 aliphatic heterocycles. The molecular weight excluding hydrogens is 298 g/mol. The van der Waals surface area contributed by atoms with Crippen molar-refractivity contribution >= 4 is 22.0 Å². The van der Waals surface area contributed by atoms with E-state index < -0.39 is 32.4 Å². The van der Waals surface area contributed by atoms with E-state index in [0.29, 0.717) is 19.4 Å². The van der Waals surface area contributed by atoms with Crippen LogP contribution in [0.3, 0.4) is 0 Å². The van der Waals surface area contributed by atoms with Crippen LogP contribution >= 0.6 is 0 Å². The molecule has 21 heavy (non-hydrogen) atoms. The molecule has 0 radical (unpaired) electrons. The van der Waals surface area contributed by atoms with Crippen LogP contribution in [0.5, 0.6) is 0 Å². The van der Waals surface area contributed by atoms with Crippen LogP contribution < -0.4 is 16.2 Å². The number of primary sulfonamides is 1. The zero-order chi connectivity index (χ0) is 16.9. The first-order chi connectivity index (χ1) is 9.35. The van der Waals surface area contributed by atoms with Gasteiger partial charge in [-0.15, -0.1) is 0 Å². The lowest BCUT2D eigenvalue weighted by molar-refractivity contribution is -0.121. The molecular formula is C12H25N3O5S. The molecule has 0 aromatic carbocycles. The van der Waals surface area contributed by atoms with E-state index >= 15 is 0 Å². The smallest absolute Gasteiger partial charge is 0.405 e. The summed E-state index contributed by atoms with van der Waals surface area (Å²) in [6, 6.07) is 0. The first kappa shape index (κ1) is 19.7. The largest absolute Gasteiger partial charge is 0.444 e. The number of ether oxygens (including phenoxy) is 1. The molecule has 1 rings (SSSR count). The second-order valence-corrected chi connectivity index (χ2v) is 7.70. The van der Waals surface area contributed by atoms with Gasteiger partial charge in [-0.1, -0.05) is 6.92 Å². The number of sulfonamides is 1. The van der Waals surface area contributed by atoms with Gasteiger partial charge in [-0.3, -0.25) is 4.79 Å². The van der Waals surface area contributed by atoms with Gasteiger partial charge >= 0.3 is 6.09 Å². The zero-order valence-corrected chi connectivity index (χ0v) is 13.7. The monoisotopic (exact) mass is 323 g/mol. The van der Waals surface area contributed by atoms with Crippen molar-refractivity contribution in [2.75, 3.05) is 6.54 Å². The second-order valence-electron chi connectivity index (χ2n) is 5.83. The molecule has 124 valence electrons. The Labute approximate surface area is 125 Å². The van der Waals surface area contributed by atoms with Crippen LogP contribution in [0.15, 0.2) is 0 Å². The summed E-state index contributed by atoms with van der Waals surface area (Å²) in [5, 5.41) is 7.50. The summed E-state index contributed by atoms with van der Waals surface area (Å²) >= 11 is 0. The summed E-state index contributed by atoms with van der Waals surface area (Å²) in [5.74, 6) is -0.447. The minimum Gasteiger partial charge on any atom is -0.444 e. The van der Waals surface area contributed by atoms with Crippen molar-refractivity contribution in [1.82, 2.24) is 5.32 Å². The number of carbonyl (C=O) groups is 2. The van der Waals surface area contributed by atoms with Crippen LogP contribution in [-0.4, -0.2) is 37.3 Å². The highest BCUT2D eigenvalue weighted by Gasteiger charge is 2.59. The van der Waals surface area contributed by atoms with Crippen molar-refractivity contribution in [3.8, 4) is 0 Å². The van der Waals surface area contributed by atoms with Gasteiger partial charge in [0, 0.05) is 6.54 Å². The molecule has 1 aliphatic rings. The van der Waals surface area contributed by atoms with Gasteiger partial charge in [0.2, 0.25) is 15.9 Å². The fourth-order valence-electron chi connectivity index (χ4n) is 1.46. The maximum absolute atomic E-state index is 11.4. The first-order valence-electron chi connectivity index (χ1n) is 6.65. The molecule has 9 heteroatoms. The van der Waals surface area contributed by atoms with Gasteiger partial charge in [0.1, 0.15) is 5.60 Å². The molecule has 1 aliphatic carbocycles. The highest BCUT2D eigenvalue weighted by molar-refractivity contribution is 7.91. The van der Waals surface area contributed by atoms with Gasteiger partial charge in [-0.05, 0) is 40.0 Å². The molecule has 8 nitrogen and oxygen atoms in total. The Morgan fingerprint density at radius 1 is 1.29 bits per heavy atom. The Kier molecular flexibility index (Phi) is 6.62. The fourth-order valence-corrected chi connectivity index (χ4v) is 2.46. The molecule has 0 aromatic heterocycles. The van der Waals surface area contributed by atoms with Crippen molar-refractivity contribution < 1.29 is 22.7 Å². The van der Waals surface area contributed by atoms with Crippen LogP contribution in [0, 0.1) is 0 Å². The Balaban J connectivity index is 0.000000433. The second kappa shape index (κ2) is 7.08. The van der Waals surface area contributed by atoms with E-state index in [1.807, 2.05) is 6.92 Å². The fraction of sp³-hybridized carbons (Fsp3) is 0.833. The van der Waals surface area contributed by atoms with Crippen LogP contribution in [0.25, 0.3) is 0 Å². The predicted molar refractivity (Wildman–Crippen MR) is 78.8 cm³/mol. The lowest BCUT2D eigenvalue weighted by atomic mass is 10.2. The summed E-state index contributed by atoms with van der Waals surface area (Å²) in [5.41, 5.74) is 4.26. The van der Waals surface area contributed by atoms with Crippen molar-refractivity contribution in [3.05, 3.63) is 0 Å². The minimum atomic E-state index is -3.73. The van der Waals surface area contributed by atoms with Gasteiger partial charge in [-0.2, -0.15) is 0 Å². The summed E-state index contributed by atoms with van der Waals surface area (Å²) in [6.45, 7) is 7.68. The van der Waals surface area contributed by atoms with Gasteiger partial charge in [-0.25, -0.2) is 18.4 Å². The third kappa shape index (κ3) is 6.76. The summed E-state index contributed by atoms with van der Waals surface area (Å²) < 4.78 is 25.3. The molecule has 0 bridgehead atoms. The molecule has 1 saturated carbocycles. The lowest BCUT2D eigenvalue weighted by Gasteiger charge is -2.16. The van der Waals surface area contributed by atoms with Gasteiger partial charge in [0.15, 0.2) is 4.75 Å². The number of hydrogen-bond donors (Lipinski definition) is 3. The van der Waals surface area contributed by atoms with Crippen LogP contribution in [0.2, 0.25) is 0 Å². The van der Waals surface area contributed by atoms with E-state index in [-0.39, 0.29) is 0 Å². The number of hydrogen-bond acceptors (Lipinski definition) is 5. The van der Waals surface area contributed by atoms with Gasteiger partial charge in [0.05, 0.1) is 0 Å². The summed E-state index contributed by atoms with van der Waals surface area (Å²) in [4.78, 5) is 21.4. The van der Waals surface area contributed by atoms with Gasteiger partial charge < -0.3 is 15.8 Å². The highest BCUT2D eigenvalue weighted by atomic mass is 32.2. The molecule has 0 heterocycles. The molecule has 1 fully saturated rings. The maximum atomic E-state index is 11.4. The summed E-state index contributed by atoms with van der Waals surface area (Å²) in [6.07, 6.45) is 0.757. The number of rotatable bonds is 4. The van der Waals surface area contributed by atoms with Crippen molar-refractivity contribution in [2.45, 2.75) is 57.3 Å². The average Bonchev–Trinajstić information content (AvgIpc) is 3.02. The third-order valence-corrected chi connectivity index (χ3v) is 4.29. The SMILES string of the molecule is CC(C)(C)OC(N)=O.CCCNC(=O)C1(S(N)(=O)=O)CC1. The number of amides is 2. The Morgan fingerprint density at radius 3 is 1.95 bits per heavy atom. The maximum Gasteiger partial charge on any atom is 0.405 e. The first-order valence-corrected chi connectivity index (χ1v) is 8.19. The van der Waals surface area contributed by atoms with Crippen LogP contribution in [-0.2, 0) is 19.6 Å². The topological polar surface area (TPSA) is 142 Å². The molecule has 0 atom stereocenters. The van der Waals surface area contributed by atoms with Crippen molar-refractivity contribution in [1.29, 1.82) is 0 Å². The van der Waals surface area contributed by atoms with E-state index in [2.05, 4.69) is 10.1 Å². The highest BCUT2D eigenvalue weighted by Crippen LogP contribution is 2.42. The van der Waals surface area contributed by atoms with Crippen LogP contribution in [0.4, 0.5) is 4.79 Å². The molecule has 0 spiro atoms. The number of nitrogens with one attached hydrogen (secondary N) is 1. The third-order valence-electron chi connectivity index (χ3n) is 2.60. The van der Waals surface area contributed by atoms with E-state index in [9.17, 15) is 18.0 Å². The Hall–Kier alpha value is -1.35.